The number of phenols is 1. The highest BCUT2D eigenvalue weighted by Gasteiger charge is 2.31. The Labute approximate surface area is 664 Å². The van der Waals surface area contributed by atoms with Gasteiger partial charge in [0, 0.05) is 60.7 Å². The van der Waals surface area contributed by atoms with Crippen molar-refractivity contribution in [2.45, 2.75) is 86.2 Å². The second-order valence-electron chi connectivity index (χ2n) is 24.0. The van der Waals surface area contributed by atoms with Crippen LogP contribution in [0.1, 0.15) is 104 Å². The van der Waals surface area contributed by atoms with Crippen LogP contribution in [-0.2, 0) is 27.4 Å². The van der Waals surface area contributed by atoms with Gasteiger partial charge in [-0.15, -0.1) is 0 Å². The van der Waals surface area contributed by atoms with E-state index in [1.54, 1.807) is 47.8 Å². The van der Waals surface area contributed by atoms with Gasteiger partial charge in [-0.05, 0) is 115 Å². The van der Waals surface area contributed by atoms with E-state index in [4.69, 9.17) is 83.5 Å². The minimum atomic E-state index is -1.24. The van der Waals surface area contributed by atoms with Gasteiger partial charge in [0.25, 0.3) is 17.7 Å². The van der Waals surface area contributed by atoms with Crippen molar-refractivity contribution >= 4 is 115 Å². The molecule has 0 aliphatic carbocycles. The number of aliphatic imine (C=N–C) groups is 3. The highest BCUT2D eigenvalue weighted by Crippen LogP contribution is 2.44. The normalized spacial score (nSPS) is 11.5. The Bertz CT molecular complexity index is 4800. The predicted molar refractivity (Wildman–Crippen MR) is 427 cm³/mol. The number of ether oxygens (including phenoxy) is 5. The average molecular weight is 1620 g/mol. The van der Waals surface area contributed by atoms with E-state index >= 15 is 0 Å². The maximum Gasteiger partial charge on any atom is 0.450 e. The lowest BCUT2D eigenvalue weighted by Gasteiger charge is -2.21. The van der Waals surface area contributed by atoms with E-state index in [1.807, 2.05) is 60.7 Å². The number of amides is 5. The summed E-state index contributed by atoms with van der Waals surface area (Å²) in [5.41, 5.74) is 7.20. The first-order valence-corrected chi connectivity index (χ1v) is 35.3. The van der Waals surface area contributed by atoms with Gasteiger partial charge in [0.1, 0.15) is 41.7 Å². The van der Waals surface area contributed by atoms with E-state index in [9.17, 15) is 55.4 Å². The molecule has 0 radical (unpaired) electrons. The molecular weight excluding hydrogens is 1540 g/mol. The van der Waals surface area contributed by atoms with Crippen LogP contribution < -0.4 is 42.2 Å². The number of hydrogen-bond donors (Lipinski definition) is 7. The molecule has 1 fully saturated rings. The van der Waals surface area contributed by atoms with Crippen LogP contribution in [0.25, 0.3) is 47.9 Å². The van der Waals surface area contributed by atoms with Crippen LogP contribution in [0, 0.1) is 54.6 Å². The van der Waals surface area contributed by atoms with Crippen LogP contribution in [0.5, 0.6) is 17.2 Å². The van der Waals surface area contributed by atoms with Gasteiger partial charge in [0.15, 0.2) is 63.1 Å². The number of carbonyl (C=O) groups excluding carboxylic acids is 5. The molecule has 112 heavy (non-hydrogen) atoms. The molecule has 0 aromatic heterocycles. The molecule has 23 nitrogen and oxygen atoms in total. The van der Waals surface area contributed by atoms with Gasteiger partial charge in [0.05, 0.1) is 36.4 Å². The number of thioether (sulfide) groups is 1. The summed E-state index contributed by atoms with van der Waals surface area (Å²) in [5.74, 6) is -10.7. The number of benzene rings is 8. The van der Waals surface area contributed by atoms with E-state index in [2.05, 4.69) is 56.5 Å². The fourth-order valence-corrected chi connectivity index (χ4v) is 9.78. The first kappa shape index (κ1) is 94.6. The number of rotatable bonds is 12. The molecule has 1 heterocycles. The molecule has 0 saturated carbocycles. The van der Waals surface area contributed by atoms with Gasteiger partial charge in [-0.1, -0.05) is 134 Å². The summed E-state index contributed by atoms with van der Waals surface area (Å²) in [6, 6.07) is 36.3. The Morgan fingerprint density at radius 3 is 1.27 bits per heavy atom. The molecular formula is C78H80BCl3F6N12O11S. The van der Waals surface area contributed by atoms with Crippen molar-refractivity contribution in [1.29, 1.82) is 0 Å². The van der Waals surface area contributed by atoms with Crippen molar-refractivity contribution in [2.75, 3.05) is 40.6 Å². The van der Waals surface area contributed by atoms with Crippen LogP contribution in [0.3, 0.4) is 0 Å². The summed E-state index contributed by atoms with van der Waals surface area (Å²) < 4.78 is 113. The van der Waals surface area contributed by atoms with Gasteiger partial charge >= 0.3 is 17.1 Å². The molecule has 1 saturated heterocycles. The zero-order valence-corrected chi connectivity index (χ0v) is 64.5. The van der Waals surface area contributed by atoms with Crippen LogP contribution in [0.4, 0.5) is 53.0 Å². The molecule has 1 aliphatic rings. The van der Waals surface area contributed by atoms with Gasteiger partial charge in [-0.25, -0.2) is 50.5 Å². The Balaban J connectivity index is 0.000000413. The van der Waals surface area contributed by atoms with E-state index in [-0.39, 0.29) is 111 Å². The quantitative estimate of drug-likeness (QED) is 0.0197. The van der Waals surface area contributed by atoms with Crippen molar-refractivity contribution in [1.82, 2.24) is 21.3 Å². The fourth-order valence-electron chi connectivity index (χ4n) is 9.42. The molecule has 590 valence electrons. The lowest BCUT2D eigenvalue weighted by Crippen LogP contribution is -2.45. The third kappa shape index (κ3) is 29.3. The van der Waals surface area contributed by atoms with Crippen LogP contribution in [0.15, 0.2) is 167 Å². The monoisotopic (exact) mass is 1620 g/mol. The van der Waals surface area contributed by atoms with Crippen molar-refractivity contribution in [3.05, 3.63) is 249 Å². The van der Waals surface area contributed by atoms with Gasteiger partial charge in [-0.3, -0.25) is 40.3 Å². The number of nitrogens with zero attached hydrogens (tertiary/aromatic N) is 6. The largest absolute Gasteiger partial charge is 0.507 e. The highest BCUT2D eigenvalue weighted by atomic mass is 35.6. The molecule has 8 aromatic carbocycles. The van der Waals surface area contributed by atoms with Gasteiger partial charge in [-0.2, -0.15) is 39.4 Å². The van der Waals surface area contributed by atoms with E-state index in [0.29, 0.717) is 0 Å². The summed E-state index contributed by atoms with van der Waals surface area (Å²) in [6.07, 6.45) is 2.35. The van der Waals surface area contributed by atoms with E-state index < -0.39 is 92.3 Å². The standard InChI is InChI=1S/C28H26F2N4O4.C28H25F2N3O4S.C16H12F2N4O2.C4H8O.CH5N.CH4.BCl3/c1-28(2,3)38-27(36)34-26(32-5)33-25(35)23-21(37-16-17-10-7-6-8-11-17)15-14-20(31-4)22(23)18-12-9-13-19(29)24(18)30;1-28(2,3)37-27(35)33-26(38-5)32-25(34)23-21(36-16-17-10-7-6-8-11-17)15-14-20(31-4)22(23)18-12-9-13-19(29)24(18)30;1-20-10-6-7-11(23)13(15(24)22-16(19)21-2)12(10)8-4-3-5-9(17)14(8)18;1-2-4-5-3-1;1-2;;2-1(3)4/h6-15H,16H2,1-3,5H3,(H2,32,33,34,35,36);6-15H,16H2,1-3,5H3,(H,32,33,34,35);3-7,23H,2H3,(H3,19,21,22,24);1-4H2;2H2,1H3;1H4;. The molecule has 0 spiro atoms. The number of carbonyl (C=O) groups is 5. The molecule has 34 heteroatoms. The first-order valence-electron chi connectivity index (χ1n) is 32.8. The van der Waals surface area contributed by atoms with Crippen molar-refractivity contribution in [3.63, 3.8) is 0 Å². The smallest absolute Gasteiger partial charge is 0.450 e. The van der Waals surface area contributed by atoms with E-state index in [1.165, 1.54) is 101 Å². The predicted octanol–water partition coefficient (Wildman–Crippen LogP) is 18.4. The lowest BCUT2D eigenvalue weighted by atomic mass is 9.95. The fraction of sp³-hybridized carbons (Fsp3) is 0.244. The second-order valence-corrected chi connectivity index (χ2v) is 26.8. The topological polar surface area (TPSA) is 302 Å². The Morgan fingerprint density at radius 2 is 0.920 bits per heavy atom. The number of alkyl carbamates (subject to hydrolysis) is 1. The molecule has 1 aliphatic heterocycles. The van der Waals surface area contributed by atoms with Gasteiger partial charge in [0.2, 0.25) is 5.96 Å². The number of phenolic OH excluding ortho intramolecular Hbond substituents is 1. The molecule has 9 rings (SSSR count). The van der Waals surface area contributed by atoms with Crippen LogP contribution in [0.2, 0.25) is 0 Å². The molecule has 9 N–H and O–H groups in total. The Hall–Kier alpha value is -11.6. The molecule has 5 amide bonds. The number of halogens is 9. The molecule has 0 atom stereocenters. The molecule has 0 bridgehead atoms. The van der Waals surface area contributed by atoms with Gasteiger partial charge < -0.3 is 45.6 Å². The van der Waals surface area contributed by atoms with E-state index in [0.717, 1.165) is 60.4 Å². The number of amidine groups is 1. The highest BCUT2D eigenvalue weighted by molar-refractivity contribution is 8.13. The average Bonchev–Trinajstić information content (AvgIpc) is 0.813. The number of hydrogen-bond acceptors (Lipinski definition) is 15. The number of aromatic hydroxyl groups is 1. The summed E-state index contributed by atoms with van der Waals surface area (Å²) in [5, 5.41) is 19.4. The zero-order valence-electron chi connectivity index (χ0n) is 61.4. The first-order chi connectivity index (χ1) is 52.7. The van der Waals surface area contributed by atoms with Crippen LogP contribution >= 0.6 is 46.1 Å². The SMILES string of the molecule is C.C1CCOC1.CN.ClB(Cl)Cl.[C-]#[N+]c1ccc(O)c(C(=O)NC(N)=NC)c1-c1cccc(F)c1F.[C-]#[N+]c1ccc(OCc2ccccc2)c(C(=O)NC(=NC(=O)OC(C)(C)C)SC)c1-c1cccc(F)c1F.[C-]#[N+]c1ccc(OCc2ccccc2)c(C(=O)NC(=NC)NC(=O)OC(C)(C)C)c1-c1cccc(F)c1F. The number of nitrogens with one attached hydrogen (secondary N) is 4. The summed E-state index contributed by atoms with van der Waals surface area (Å²) >= 11 is 15.4. The lowest BCUT2D eigenvalue weighted by molar-refractivity contribution is 0.0558. The summed E-state index contributed by atoms with van der Waals surface area (Å²) in [7, 11) is 4.15. The molecule has 0 unspecified atom stereocenters. The maximum absolute atomic E-state index is 14.9. The molecule has 8 aromatic rings. The third-order valence-corrected chi connectivity index (χ3v) is 14.6. The van der Waals surface area contributed by atoms with Crippen molar-refractivity contribution < 1.29 is 79.1 Å². The van der Waals surface area contributed by atoms with Crippen molar-refractivity contribution in [2.24, 2.45) is 26.4 Å². The van der Waals surface area contributed by atoms with Crippen LogP contribution in [-0.4, -0.2) is 109 Å². The summed E-state index contributed by atoms with van der Waals surface area (Å²) in [4.78, 5) is 84.5. The Kier molecular flexibility index (Phi) is 39.5. The maximum atomic E-state index is 14.9. The minimum Gasteiger partial charge on any atom is -0.507 e. The van der Waals surface area contributed by atoms with Crippen molar-refractivity contribution in [3.8, 4) is 50.6 Å². The number of nitrogens with two attached hydrogens (primary N) is 2. The third-order valence-electron chi connectivity index (χ3n) is 14.0. The minimum absolute atomic E-state index is 0. The number of guanidine groups is 2. The summed E-state index contributed by atoms with van der Waals surface area (Å²) in [6.45, 7) is 34.5. The Morgan fingerprint density at radius 1 is 0.545 bits per heavy atom. The zero-order chi connectivity index (χ0) is 82.7. The second kappa shape index (κ2) is 46.8.